The average molecular weight is 440 g/mol. The molecule has 0 heterocycles. The minimum Gasteiger partial charge on any atom is -0.355 e. The molecular weight excluding hydrogens is 409 g/mol. The second-order valence-electron chi connectivity index (χ2n) is 8.25. The van der Waals surface area contributed by atoms with Gasteiger partial charge in [0.05, 0.1) is 6.04 Å². The number of anilines is 1. The van der Waals surface area contributed by atoms with Gasteiger partial charge in [0.1, 0.15) is 5.82 Å². The quantitative estimate of drug-likeness (QED) is 0.572. The summed E-state index contributed by atoms with van der Waals surface area (Å²) >= 11 is 0. The molecule has 1 aliphatic carbocycles. The lowest BCUT2D eigenvalue weighted by Crippen LogP contribution is -2.35. The maximum absolute atomic E-state index is 13.0. The third kappa shape index (κ3) is 6.90. The maximum Gasteiger partial charge on any atom is 0.255 e. The van der Waals surface area contributed by atoms with E-state index in [1.165, 1.54) is 30.7 Å². The molecule has 7 heteroatoms. The van der Waals surface area contributed by atoms with Crippen LogP contribution >= 0.6 is 0 Å². The molecule has 0 saturated heterocycles. The predicted molar refractivity (Wildman–Crippen MR) is 122 cm³/mol. The lowest BCUT2D eigenvalue weighted by molar-refractivity contribution is -0.126. The van der Waals surface area contributed by atoms with Gasteiger partial charge in [-0.3, -0.25) is 14.4 Å². The Balaban J connectivity index is 1.42. The fraction of sp³-hybridized carbons (Fsp3) is 0.400. The minimum atomic E-state index is -0.395. The number of carbonyl (C=O) groups is 3. The third-order valence-electron chi connectivity index (χ3n) is 5.78. The molecule has 1 unspecified atom stereocenters. The first kappa shape index (κ1) is 23.4. The Morgan fingerprint density at radius 1 is 0.969 bits per heavy atom. The molecule has 1 saturated carbocycles. The number of carbonyl (C=O) groups excluding carboxylic acids is 3. The van der Waals surface area contributed by atoms with Gasteiger partial charge in [-0.25, -0.2) is 4.39 Å². The Bertz CT molecular complexity index is 922. The lowest BCUT2D eigenvalue weighted by atomic mass is 9.89. The monoisotopic (exact) mass is 439 g/mol. The van der Waals surface area contributed by atoms with Crippen LogP contribution in [0.1, 0.15) is 67.4 Å². The topological polar surface area (TPSA) is 87.3 Å². The average Bonchev–Trinajstić information content (AvgIpc) is 2.80. The van der Waals surface area contributed by atoms with Gasteiger partial charge in [0.2, 0.25) is 11.8 Å². The summed E-state index contributed by atoms with van der Waals surface area (Å²) in [5.41, 5.74) is 1.86. The van der Waals surface area contributed by atoms with Crippen molar-refractivity contribution in [3.8, 4) is 0 Å². The number of nitrogens with one attached hydrogen (secondary N) is 3. The first-order valence-electron chi connectivity index (χ1n) is 11.2. The molecule has 0 spiro atoms. The van der Waals surface area contributed by atoms with Gasteiger partial charge in [-0.2, -0.15) is 0 Å². The fourth-order valence-electron chi connectivity index (χ4n) is 3.86. The molecule has 1 fully saturated rings. The van der Waals surface area contributed by atoms with E-state index in [1.807, 2.05) is 19.1 Å². The normalized spacial score (nSPS) is 14.9. The molecule has 2 aromatic rings. The van der Waals surface area contributed by atoms with E-state index >= 15 is 0 Å². The first-order valence-corrected chi connectivity index (χ1v) is 11.2. The van der Waals surface area contributed by atoms with Gasteiger partial charge in [-0.05, 0) is 61.7 Å². The summed E-state index contributed by atoms with van der Waals surface area (Å²) in [5.74, 6) is -0.699. The molecule has 0 bridgehead atoms. The van der Waals surface area contributed by atoms with Crippen molar-refractivity contribution in [1.29, 1.82) is 0 Å². The van der Waals surface area contributed by atoms with Crippen molar-refractivity contribution in [3.63, 3.8) is 0 Å². The van der Waals surface area contributed by atoms with E-state index in [4.69, 9.17) is 0 Å². The zero-order valence-corrected chi connectivity index (χ0v) is 18.3. The van der Waals surface area contributed by atoms with E-state index in [-0.39, 0.29) is 36.1 Å². The smallest absolute Gasteiger partial charge is 0.255 e. The minimum absolute atomic E-state index is 0.0591. The van der Waals surface area contributed by atoms with Gasteiger partial charge in [0.25, 0.3) is 5.91 Å². The van der Waals surface area contributed by atoms with Crippen molar-refractivity contribution in [3.05, 3.63) is 65.5 Å². The highest BCUT2D eigenvalue weighted by molar-refractivity contribution is 6.04. The largest absolute Gasteiger partial charge is 0.355 e. The molecule has 3 amide bonds. The second-order valence-corrected chi connectivity index (χ2v) is 8.25. The number of hydrogen-bond donors (Lipinski definition) is 3. The van der Waals surface area contributed by atoms with Crippen LogP contribution in [0.3, 0.4) is 0 Å². The van der Waals surface area contributed by atoms with Gasteiger partial charge in [0, 0.05) is 30.1 Å². The summed E-state index contributed by atoms with van der Waals surface area (Å²) in [4.78, 5) is 36.6. The highest BCUT2D eigenvalue weighted by atomic mass is 19.1. The zero-order chi connectivity index (χ0) is 22.9. The Morgan fingerprint density at radius 3 is 2.28 bits per heavy atom. The molecule has 0 radical (unpaired) electrons. The molecule has 6 nitrogen and oxygen atoms in total. The molecule has 32 heavy (non-hydrogen) atoms. The van der Waals surface area contributed by atoms with Gasteiger partial charge in [-0.15, -0.1) is 0 Å². The molecule has 2 aromatic carbocycles. The Labute approximate surface area is 188 Å². The molecule has 0 aromatic heterocycles. The van der Waals surface area contributed by atoms with E-state index in [0.29, 0.717) is 17.8 Å². The van der Waals surface area contributed by atoms with Crippen LogP contribution in [-0.2, 0) is 9.59 Å². The van der Waals surface area contributed by atoms with Crippen LogP contribution in [0.15, 0.2) is 48.5 Å². The van der Waals surface area contributed by atoms with Gasteiger partial charge in [0.15, 0.2) is 0 Å². The summed E-state index contributed by atoms with van der Waals surface area (Å²) in [5, 5.41) is 8.57. The summed E-state index contributed by atoms with van der Waals surface area (Å²) in [6.07, 6.45) is 5.51. The van der Waals surface area contributed by atoms with Crippen molar-refractivity contribution in [2.45, 2.75) is 51.5 Å². The van der Waals surface area contributed by atoms with Gasteiger partial charge >= 0.3 is 0 Å². The van der Waals surface area contributed by atoms with Crippen LogP contribution < -0.4 is 16.0 Å². The van der Waals surface area contributed by atoms with Crippen LogP contribution in [0, 0.1) is 11.7 Å². The number of hydrogen-bond acceptors (Lipinski definition) is 3. The van der Waals surface area contributed by atoms with Crippen LogP contribution in [-0.4, -0.2) is 24.3 Å². The number of amides is 3. The number of benzene rings is 2. The summed E-state index contributed by atoms with van der Waals surface area (Å²) < 4.78 is 13.0. The van der Waals surface area contributed by atoms with E-state index in [1.54, 1.807) is 12.1 Å². The molecule has 1 atom stereocenters. The van der Waals surface area contributed by atoms with Crippen molar-refractivity contribution >= 4 is 23.4 Å². The molecule has 170 valence electrons. The van der Waals surface area contributed by atoms with E-state index in [9.17, 15) is 18.8 Å². The lowest BCUT2D eigenvalue weighted by Gasteiger charge is -2.20. The summed E-state index contributed by atoms with van der Waals surface area (Å²) in [6.45, 7) is 2.22. The summed E-state index contributed by atoms with van der Waals surface area (Å²) in [7, 11) is 0. The SMILES string of the molecule is CC(NC(=O)CCNC(=O)C1CCCCC1)c1ccc(NC(=O)c2ccc(F)cc2)cc1. The molecule has 3 rings (SSSR count). The fourth-order valence-corrected chi connectivity index (χ4v) is 3.86. The molecular formula is C25H30FN3O3. The highest BCUT2D eigenvalue weighted by Crippen LogP contribution is 2.23. The van der Waals surface area contributed by atoms with Crippen LogP contribution in [0.2, 0.25) is 0 Å². The Kier molecular flexibility index (Phi) is 8.36. The molecule has 0 aliphatic heterocycles. The predicted octanol–water partition coefficient (Wildman–Crippen LogP) is 4.34. The van der Waals surface area contributed by atoms with E-state index in [2.05, 4.69) is 16.0 Å². The third-order valence-corrected chi connectivity index (χ3v) is 5.78. The van der Waals surface area contributed by atoms with Crippen molar-refractivity contribution in [1.82, 2.24) is 10.6 Å². The van der Waals surface area contributed by atoms with Crippen LogP contribution in [0.5, 0.6) is 0 Å². The molecule has 1 aliphatic rings. The maximum atomic E-state index is 13.0. The summed E-state index contributed by atoms with van der Waals surface area (Å²) in [6, 6.07) is 12.3. The van der Waals surface area contributed by atoms with Crippen molar-refractivity contribution in [2.24, 2.45) is 5.92 Å². The van der Waals surface area contributed by atoms with Gasteiger partial charge in [-0.1, -0.05) is 31.4 Å². The Hall–Kier alpha value is -3.22. The molecule has 3 N–H and O–H groups in total. The Morgan fingerprint density at radius 2 is 1.62 bits per heavy atom. The van der Waals surface area contributed by atoms with Crippen molar-refractivity contribution < 1.29 is 18.8 Å². The standard InChI is InChI=1S/C25H30FN3O3/c1-17(28-23(30)15-16-27-24(31)19-5-3-2-4-6-19)18-9-13-22(14-10-18)29-25(32)20-7-11-21(26)12-8-20/h7-14,17,19H,2-6,15-16H2,1H3,(H,27,31)(H,28,30)(H,29,32). The van der Waals surface area contributed by atoms with Gasteiger partial charge < -0.3 is 16.0 Å². The van der Waals surface area contributed by atoms with Crippen LogP contribution in [0.4, 0.5) is 10.1 Å². The zero-order valence-electron chi connectivity index (χ0n) is 18.3. The van der Waals surface area contributed by atoms with Crippen molar-refractivity contribution in [2.75, 3.05) is 11.9 Å². The highest BCUT2D eigenvalue weighted by Gasteiger charge is 2.20. The van der Waals surface area contributed by atoms with E-state index in [0.717, 1.165) is 31.2 Å². The first-order chi connectivity index (χ1) is 15.4. The second kappa shape index (κ2) is 11.4. The number of rotatable bonds is 8. The van der Waals surface area contributed by atoms with Crippen LogP contribution in [0.25, 0.3) is 0 Å². The van der Waals surface area contributed by atoms with E-state index < -0.39 is 5.82 Å². The number of halogens is 1.